The van der Waals surface area contributed by atoms with E-state index in [-0.39, 0.29) is 17.9 Å². The van der Waals surface area contributed by atoms with Gasteiger partial charge in [-0.3, -0.25) is 4.79 Å². The summed E-state index contributed by atoms with van der Waals surface area (Å²) in [5.41, 5.74) is 0.944. The number of furan rings is 1. The molecule has 2 heterocycles. The highest BCUT2D eigenvalue weighted by Crippen LogP contribution is 2.26. The number of rotatable bonds is 5. The standard InChI is InChI=1S/C17H18ClN3O4/c18-13-9-11(20-17(23)19-10-12-3-1-7-24-12)5-6-14(13)21-16(22)15-4-2-8-25-15/h2,4-6,8-9,12H,1,3,7,10H2,(H,21,22)(H2,19,20,23). The van der Waals surface area contributed by atoms with Crippen LogP contribution in [0.1, 0.15) is 23.4 Å². The van der Waals surface area contributed by atoms with E-state index in [1.165, 1.54) is 6.26 Å². The molecule has 1 aromatic carbocycles. The number of hydrogen-bond acceptors (Lipinski definition) is 4. The summed E-state index contributed by atoms with van der Waals surface area (Å²) in [5, 5.41) is 8.40. The molecule has 0 aliphatic carbocycles. The van der Waals surface area contributed by atoms with Gasteiger partial charge in [0.25, 0.3) is 5.91 Å². The summed E-state index contributed by atoms with van der Waals surface area (Å²) in [7, 11) is 0. The summed E-state index contributed by atoms with van der Waals surface area (Å²) in [6.07, 6.45) is 3.47. The number of carbonyl (C=O) groups is 2. The van der Waals surface area contributed by atoms with E-state index >= 15 is 0 Å². The van der Waals surface area contributed by atoms with Gasteiger partial charge in [0.2, 0.25) is 0 Å². The van der Waals surface area contributed by atoms with E-state index in [1.807, 2.05) is 0 Å². The molecular formula is C17H18ClN3O4. The van der Waals surface area contributed by atoms with Crippen molar-refractivity contribution >= 4 is 34.9 Å². The number of nitrogens with one attached hydrogen (secondary N) is 3. The van der Waals surface area contributed by atoms with E-state index in [0.717, 1.165) is 19.4 Å². The van der Waals surface area contributed by atoms with E-state index in [2.05, 4.69) is 16.0 Å². The second kappa shape index (κ2) is 8.04. The molecule has 1 aromatic heterocycles. The topological polar surface area (TPSA) is 92.6 Å². The van der Waals surface area contributed by atoms with Gasteiger partial charge in [-0.2, -0.15) is 0 Å². The highest BCUT2D eigenvalue weighted by atomic mass is 35.5. The first-order valence-corrected chi connectivity index (χ1v) is 8.30. The lowest BCUT2D eigenvalue weighted by atomic mass is 10.2. The van der Waals surface area contributed by atoms with Gasteiger partial charge < -0.3 is 25.1 Å². The Bertz CT molecular complexity index is 742. The van der Waals surface area contributed by atoms with Crippen LogP contribution in [0.5, 0.6) is 0 Å². The zero-order valence-corrected chi connectivity index (χ0v) is 14.1. The Labute approximate surface area is 149 Å². The minimum absolute atomic E-state index is 0.0773. The molecule has 2 aromatic rings. The lowest BCUT2D eigenvalue weighted by Gasteiger charge is -2.12. The summed E-state index contributed by atoms with van der Waals surface area (Å²) < 4.78 is 10.5. The number of hydrogen-bond donors (Lipinski definition) is 3. The molecule has 132 valence electrons. The zero-order valence-electron chi connectivity index (χ0n) is 13.4. The van der Waals surface area contributed by atoms with Gasteiger partial charge in [0.15, 0.2) is 5.76 Å². The molecule has 1 unspecified atom stereocenters. The summed E-state index contributed by atoms with van der Waals surface area (Å²) in [6, 6.07) is 7.66. The summed E-state index contributed by atoms with van der Waals surface area (Å²) >= 11 is 6.16. The number of carbonyl (C=O) groups excluding carboxylic acids is 2. The number of amides is 3. The maximum absolute atomic E-state index is 11.9. The molecule has 1 atom stereocenters. The molecule has 3 N–H and O–H groups in total. The molecular weight excluding hydrogens is 346 g/mol. The van der Waals surface area contributed by atoms with Gasteiger partial charge in [-0.25, -0.2) is 4.79 Å². The molecule has 7 nitrogen and oxygen atoms in total. The van der Waals surface area contributed by atoms with Gasteiger partial charge in [0.1, 0.15) is 0 Å². The fourth-order valence-electron chi connectivity index (χ4n) is 2.47. The fourth-order valence-corrected chi connectivity index (χ4v) is 2.70. The molecule has 1 fully saturated rings. The smallest absolute Gasteiger partial charge is 0.319 e. The Morgan fingerprint density at radius 2 is 2.12 bits per heavy atom. The normalized spacial score (nSPS) is 16.4. The number of ether oxygens (including phenoxy) is 1. The Balaban J connectivity index is 1.54. The molecule has 3 rings (SSSR count). The van der Waals surface area contributed by atoms with Gasteiger partial charge in [0, 0.05) is 18.8 Å². The van der Waals surface area contributed by atoms with E-state index in [1.54, 1.807) is 30.3 Å². The molecule has 0 saturated carbocycles. The largest absolute Gasteiger partial charge is 0.459 e. The maximum atomic E-state index is 11.9. The Morgan fingerprint density at radius 3 is 2.80 bits per heavy atom. The lowest BCUT2D eigenvalue weighted by Crippen LogP contribution is -2.35. The van der Waals surface area contributed by atoms with E-state index in [9.17, 15) is 9.59 Å². The van der Waals surface area contributed by atoms with Crippen LogP contribution in [0.2, 0.25) is 5.02 Å². The van der Waals surface area contributed by atoms with Crippen molar-refractivity contribution in [1.29, 1.82) is 0 Å². The van der Waals surface area contributed by atoms with Gasteiger partial charge in [-0.05, 0) is 43.2 Å². The SMILES string of the molecule is O=C(NCC1CCCO1)Nc1ccc(NC(=O)c2ccco2)c(Cl)c1. The van der Waals surface area contributed by atoms with Crippen molar-refractivity contribution in [2.75, 3.05) is 23.8 Å². The first-order valence-electron chi connectivity index (χ1n) is 7.92. The maximum Gasteiger partial charge on any atom is 0.319 e. The number of urea groups is 1. The van der Waals surface area contributed by atoms with Gasteiger partial charge in [-0.1, -0.05) is 11.6 Å². The molecule has 8 heteroatoms. The van der Waals surface area contributed by atoms with Crippen molar-refractivity contribution in [2.45, 2.75) is 18.9 Å². The quantitative estimate of drug-likeness (QED) is 0.758. The summed E-state index contributed by atoms with van der Waals surface area (Å²) in [5.74, 6) is -0.214. The minimum Gasteiger partial charge on any atom is -0.459 e. The average Bonchev–Trinajstić information content (AvgIpc) is 3.29. The molecule has 1 aliphatic rings. The first-order chi connectivity index (χ1) is 12.1. The molecule has 0 radical (unpaired) electrons. The van der Waals surface area contributed by atoms with Crippen molar-refractivity contribution in [3.63, 3.8) is 0 Å². The van der Waals surface area contributed by atoms with Crippen LogP contribution in [0.15, 0.2) is 41.0 Å². The highest BCUT2D eigenvalue weighted by molar-refractivity contribution is 6.34. The second-order valence-electron chi connectivity index (χ2n) is 5.60. The summed E-state index contributed by atoms with van der Waals surface area (Å²) in [4.78, 5) is 23.8. The van der Waals surface area contributed by atoms with Crippen LogP contribution >= 0.6 is 11.6 Å². The van der Waals surface area contributed by atoms with Crippen LogP contribution in [-0.4, -0.2) is 31.2 Å². The second-order valence-corrected chi connectivity index (χ2v) is 6.00. The van der Waals surface area contributed by atoms with E-state index in [4.69, 9.17) is 20.8 Å². The highest BCUT2D eigenvalue weighted by Gasteiger charge is 2.16. The van der Waals surface area contributed by atoms with Crippen LogP contribution in [0.25, 0.3) is 0 Å². The van der Waals surface area contributed by atoms with Gasteiger partial charge >= 0.3 is 6.03 Å². The first kappa shape index (κ1) is 17.3. The van der Waals surface area contributed by atoms with Crippen molar-refractivity contribution in [1.82, 2.24) is 5.32 Å². The molecule has 1 saturated heterocycles. The Morgan fingerprint density at radius 1 is 1.24 bits per heavy atom. The van der Waals surface area contributed by atoms with Crippen molar-refractivity contribution in [3.8, 4) is 0 Å². The van der Waals surface area contributed by atoms with Gasteiger partial charge in [-0.15, -0.1) is 0 Å². The Kier molecular flexibility index (Phi) is 5.57. The third-order valence-electron chi connectivity index (χ3n) is 3.73. The van der Waals surface area contributed by atoms with Crippen molar-refractivity contribution < 1.29 is 18.7 Å². The average molecular weight is 364 g/mol. The predicted octanol–water partition coefficient (Wildman–Crippen LogP) is 3.49. The molecule has 0 spiro atoms. The third-order valence-corrected chi connectivity index (χ3v) is 4.05. The van der Waals surface area contributed by atoms with Crippen molar-refractivity contribution in [2.24, 2.45) is 0 Å². The van der Waals surface area contributed by atoms with Crippen LogP contribution in [0.3, 0.4) is 0 Å². The monoisotopic (exact) mass is 363 g/mol. The molecule has 1 aliphatic heterocycles. The van der Waals surface area contributed by atoms with E-state index in [0.29, 0.717) is 22.9 Å². The van der Waals surface area contributed by atoms with Crippen molar-refractivity contribution in [3.05, 3.63) is 47.4 Å². The predicted molar refractivity (Wildman–Crippen MR) is 94.1 cm³/mol. The number of halogens is 1. The minimum atomic E-state index is -0.401. The molecule has 3 amide bonds. The van der Waals surface area contributed by atoms with Crippen LogP contribution in [-0.2, 0) is 4.74 Å². The lowest BCUT2D eigenvalue weighted by molar-refractivity contribution is 0.0996. The van der Waals surface area contributed by atoms with E-state index < -0.39 is 5.91 Å². The Hall–Kier alpha value is -2.51. The van der Waals surface area contributed by atoms with Crippen LogP contribution < -0.4 is 16.0 Å². The van der Waals surface area contributed by atoms with Crippen LogP contribution in [0.4, 0.5) is 16.2 Å². The van der Waals surface area contributed by atoms with Gasteiger partial charge in [0.05, 0.1) is 23.1 Å². The fraction of sp³-hybridized carbons (Fsp3) is 0.294. The number of benzene rings is 1. The van der Waals surface area contributed by atoms with Crippen LogP contribution in [0, 0.1) is 0 Å². The summed E-state index contributed by atoms with van der Waals surface area (Å²) in [6.45, 7) is 1.21. The number of anilines is 2. The zero-order chi connectivity index (χ0) is 17.6. The third kappa shape index (κ3) is 4.74. The molecule has 0 bridgehead atoms. The molecule has 25 heavy (non-hydrogen) atoms.